The smallest absolute Gasteiger partial charge is 0.311 e. The lowest BCUT2D eigenvalue weighted by molar-refractivity contribution is -0.385. The molecule has 1 aromatic carbocycles. The fourth-order valence-corrected chi connectivity index (χ4v) is 1.67. The fourth-order valence-electron chi connectivity index (χ4n) is 1.67. The highest BCUT2D eigenvalue weighted by atomic mass is 16.6. The number of hydrogen-bond donors (Lipinski definition) is 1. The summed E-state index contributed by atoms with van der Waals surface area (Å²) < 4.78 is 5.45. The molecule has 6 nitrogen and oxygen atoms in total. The number of nitro benzene ring substituents is 1. The van der Waals surface area contributed by atoms with Crippen LogP contribution in [0.5, 0.6) is 11.6 Å². The molecule has 1 heterocycles. The second kappa shape index (κ2) is 5.66. The largest absolute Gasteiger partial charge is 0.432 e. The number of rotatable bonds is 4. The minimum Gasteiger partial charge on any atom is -0.432 e. The van der Waals surface area contributed by atoms with E-state index in [0.717, 1.165) is 5.56 Å². The van der Waals surface area contributed by atoms with E-state index in [9.17, 15) is 15.2 Å². The Morgan fingerprint density at radius 3 is 2.65 bits per heavy atom. The predicted molar refractivity (Wildman–Crippen MR) is 72.8 cm³/mol. The molecule has 1 N–H and O–H groups in total. The SMILES string of the molecule is Cc1ccc([N+](=O)[O-])c(Oc2ccc([C@H](C)O)cn2)c1. The molecule has 0 aliphatic heterocycles. The molecule has 0 amide bonds. The molecule has 20 heavy (non-hydrogen) atoms. The van der Waals surface area contributed by atoms with E-state index in [-0.39, 0.29) is 17.3 Å². The zero-order chi connectivity index (χ0) is 14.7. The summed E-state index contributed by atoms with van der Waals surface area (Å²) in [6, 6.07) is 7.86. The van der Waals surface area contributed by atoms with Gasteiger partial charge in [0.15, 0.2) is 0 Å². The maximum absolute atomic E-state index is 10.9. The third kappa shape index (κ3) is 3.10. The Labute approximate surface area is 115 Å². The van der Waals surface area contributed by atoms with Crippen LogP contribution in [0.2, 0.25) is 0 Å². The maximum atomic E-state index is 10.9. The molecule has 0 bridgehead atoms. The summed E-state index contributed by atoms with van der Waals surface area (Å²) in [6.45, 7) is 3.45. The van der Waals surface area contributed by atoms with Crippen molar-refractivity contribution >= 4 is 5.69 Å². The Balaban J connectivity index is 2.29. The first-order valence-corrected chi connectivity index (χ1v) is 6.04. The zero-order valence-corrected chi connectivity index (χ0v) is 11.1. The second-order valence-corrected chi connectivity index (χ2v) is 4.44. The average molecular weight is 274 g/mol. The summed E-state index contributed by atoms with van der Waals surface area (Å²) in [4.78, 5) is 14.5. The standard InChI is InChI=1S/C14H14N2O4/c1-9-3-5-12(16(18)19)13(7-9)20-14-6-4-11(8-15-14)10(2)17/h3-8,10,17H,1-2H3/t10-/m0/s1. The summed E-state index contributed by atoms with van der Waals surface area (Å²) >= 11 is 0. The Hall–Kier alpha value is -2.47. The second-order valence-electron chi connectivity index (χ2n) is 4.44. The van der Waals surface area contributed by atoms with E-state index < -0.39 is 11.0 Å². The fraction of sp³-hybridized carbons (Fsp3) is 0.214. The summed E-state index contributed by atoms with van der Waals surface area (Å²) in [5, 5.41) is 20.3. The Bertz CT molecular complexity index is 624. The Kier molecular flexibility index (Phi) is 3.95. The van der Waals surface area contributed by atoms with Gasteiger partial charge < -0.3 is 9.84 Å². The molecule has 2 aromatic rings. The summed E-state index contributed by atoms with van der Waals surface area (Å²) in [5.41, 5.74) is 1.39. The van der Waals surface area contributed by atoms with E-state index in [1.807, 2.05) is 6.92 Å². The van der Waals surface area contributed by atoms with Crippen LogP contribution >= 0.6 is 0 Å². The molecule has 0 spiro atoms. The van der Waals surface area contributed by atoms with E-state index in [2.05, 4.69) is 4.98 Å². The Morgan fingerprint density at radius 2 is 2.10 bits per heavy atom. The normalized spacial score (nSPS) is 11.9. The number of benzene rings is 1. The number of aliphatic hydroxyl groups excluding tert-OH is 1. The van der Waals surface area contributed by atoms with E-state index in [4.69, 9.17) is 4.74 Å². The number of nitrogens with zero attached hydrogens (tertiary/aromatic N) is 2. The lowest BCUT2D eigenvalue weighted by Gasteiger charge is -2.08. The topological polar surface area (TPSA) is 85.5 Å². The zero-order valence-electron chi connectivity index (χ0n) is 11.1. The molecule has 0 aliphatic rings. The van der Waals surface area contributed by atoms with Crippen LogP contribution in [0, 0.1) is 17.0 Å². The van der Waals surface area contributed by atoms with Crippen molar-refractivity contribution in [2.45, 2.75) is 20.0 Å². The minimum absolute atomic E-state index is 0.114. The molecule has 2 rings (SSSR count). The summed E-state index contributed by atoms with van der Waals surface area (Å²) in [6.07, 6.45) is 0.853. The highest BCUT2D eigenvalue weighted by molar-refractivity contribution is 5.49. The molecule has 1 atom stereocenters. The number of aryl methyl sites for hydroxylation is 1. The van der Waals surface area contributed by atoms with Crippen molar-refractivity contribution in [2.24, 2.45) is 0 Å². The van der Waals surface area contributed by atoms with Gasteiger partial charge in [0.25, 0.3) is 0 Å². The first kappa shape index (κ1) is 14.0. The quantitative estimate of drug-likeness (QED) is 0.683. The van der Waals surface area contributed by atoms with Gasteiger partial charge in [-0.25, -0.2) is 4.98 Å². The van der Waals surface area contributed by atoms with Gasteiger partial charge >= 0.3 is 5.69 Å². The van der Waals surface area contributed by atoms with Crippen molar-refractivity contribution < 1.29 is 14.8 Å². The van der Waals surface area contributed by atoms with E-state index in [1.165, 1.54) is 12.3 Å². The number of ether oxygens (including phenoxy) is 1. The van der Waals surface area contributed by atoms with Crippen molar-refractivity contribution in [3.63, 3.8) is 0 Å². The van der Waals surface area contributed by atoms with Gasteiger partial charge in [-0.1, -0.05) is 6.07 Å². The molecule has 0 fully saturated rings. The number of hydrogen-bond acceptors (Lipinski definition) is 5. The number of aromatic nitrogens is 1. The number of nitro groups is 1. The van der Waals surface area contributed by atoms with Crippen LogP contribution in [0.15, 0.2) is 36.5 Å². The summed E-state index contributed by atoms with van der Waals surface area (Å²) in [7, 11) is 0. The van der Waals surface area contributed by atoms with Gasteiger partial charge in [-0.05, 0) is 37.1 Å². The maximum Gasteiger partial charge on any atom is 0.311 e. The highest BCUT2D eigenvalue weighted by Gasteiger charge is 2.16. The van der Waals surface area contributed by atoms with Crippen molar-refractivity contribution in [2.75, 3.05) is 0 Å². The van der Waals surface area contributed by atoms with E-state index in [1.54, 1.807) is 31.2 Å². The third-order valence-corrected chi connectivity index (χ3v) is 2.77. The van der Waals surface area contributed by atoms with Gasteiger partial charge in [0.05, 0.1) is 11.0 Å². The molecule has 6 heteroatoms. The molecule has 0 unspecified atom stereocenters. The number of aliphatic hydroxyl groups is 1. The molecule has 0 radical (unpaired) electrons. The van der Waals surface area contributed by atoms with Gasteiger partial charge in [-0.2, -0.15) is 0 Å². The minimum atomic E-state index is -0.621. The predicted octanol–water partition coefficient (Wildman–Crippen LogP) is 3.14. The molecule has 1 aromatic heterocycles. The number of pyridine rings is 1. The molecule has 0 saturated heterocycles. The molecule has 0 saturated carbocycles. The molecular formula is C14H14N2O4. The monoisotopic (exact) mass is 274 g/mol. The van der Waals surface area contributed by atoms with Gasteiger partial charge in [-0.3, -0.25) is 10.1 Å². The van der Waals surface area contributed by atoms with Crippen molar-refractivity contribution in [1.29, 1.82) is 0 Å². The third-order valence-electron chi connectivity index (χ3n) is 2.77. The molecular weight excluding hydrogens is 260 g/mol. The van der Waals surface area contributed by atoms with Crippen LogP contribution in [-0.2, 0) is 0 Å². The van der Waals surface area contributed by atoms with Crippen LogP contribution < -0.4 is 4.74 Å². The van der Waals surface area contributed by atoms with Crippen LogP contribution in [0.4, 0.5) is 5.69 Å². The lowest BCUT2D eigenvalue weighted by atomic mass is 10.2. The first-order chi connectivity index (χ1) is 9.47. The van der Waals surface area contributed by atoms with E-state index >= 15 is 0 Å². The van der Waals surface area contributed by atoms with E-state index in [0.29, 0.717) is 5.56 Å². The molecule has 0 aliphatic carbocycles. The summed E-state index contributed by atoms with van der Waals surface area (Å²) in [5.74, 6) is 0.385. The molecule has 104 valence electrons. The van der Waals surface area contributed by atoms with Crippen LogP contribution in [0.1, 0.15) is 24.2 Å². The van der Waals surface area contributed by atoms with Crippen LogP contribution in [0.3, 0.4) is 0 Å². The van der Waals surface area contributed by atoms with Gasteiger partial charge in [-0.15, -0.1) is 0 Å². The first-order valence-electron chi connectivity index (χ1n) is 6.04. The average Bonchev–Trinajstić information content (AvgIpc) is 2.39. The van der Waals surface area contributed by atoms with Crippen molar-refractivity contribution in [3.05, 3.63) is 57.8 Å². The van der Waals surface area contributed by atoms with Crippen LogP contribution in [0.25, 0.3) is 0 Å². The van der Waals surface area contributed by atoms with Gasteiger partial charge in [0.2, 0.25) is 11.6 Å². The highest BCUT2D eigenvalue weighted by Crippen LogP contribution is 2.31. The van der Waals surface area contributed by atoms with Gasteiger partial charge in [0, 0.05) is 18.3 Å². The lowest BCUT2D eigenvalue weighted by Crippen LogP contribution is -1.96. The van der Waals surface area contributed by atoms with Crippen LogP contribution in [-0.4, -0.2) is 15.0 Å². The van der Waals surface area contributed by atoms with Crippen molar-refractivity contribution in [3.8, 4) is 11.6 Å². The van der Waals surface area contributed by atoms with Crippen molar-refractivity contribution in [1.82, 2.24) is 4.98 Å². The Morgan fingerprint density at radius 1 is 1.35 bits per heavy atom. The van der Waals surface area contributed by atoms with Gasteiger partial charge in [0.1, 0.15) is 0 Å².